The predicted octanol–water partition coefficient (Wildman–Crippen LogP) is 6.65. The molecule has 6 nitrogen and oxygen atoms in total. The first-order valence-corrected chi connectivity index (χ1v) is 12.4. The van der Waals surface area contributed by atoms with Crippen LogP contribution in [0.1, 0.15) is 16.8 Å². The fourth-order valence-corrected chi connectivity index (χ4v) is 4.12. The van der Waals surface area contributed by atoms with E-state index in [1.165, 1.54) is 6.08 Å². The summed E-state index contributed by atoms with van der Waals surface area (Å²) in [6, 6.07) is 20.6. The third-order valence-electron chi connectivity index (χ3n) is 5.59. The first kappa shape index (κ1) is 26.3. The Balaban J connectivity index is 1.31. The summed E-state index contributed by atoms with van der Waals surface area (Å²) in [5.74, 6) is 1.65. The third-order valence-corrected chi connectivity index (χ3v) is 6.36. The molecular formula is C29H26Cl2N2O4. The molecule has 0 radical (unpaired) electrons. The number of nitrogens with one attached hydrogen (secondary N) is 1. The van der Waals surface area contributed by atoms with Crippen LogP contribution in [0.25, 0.3) is 17.0 Å². The first-order valence-electron chi connectivity index (χ1n) is 11.6. The molecule has 0 spiro atoms. The van der Waals surface area contributed by atoms with Crippen LogP contribution in [-0.2, 0) is 11.4 Å². The van der Waals surface area contributed by atoms with Gasteiger partial charge in [0.2, 0.25) is 5.91 Å². The molecule has 8 heteroatoms. The van der Waals surface area contributed by atoms with E-state index in [2.05, 4.69) is 10.3 Å². The van der Waals surface area contributed by atoms with Gasteiger partial charge in [-0.2, -0.15) is 0 Å². The van der Waals surface area contributed by atoms with Crippen molar-refractivity contribution in [3.63, 3.8) is 0 Å². The van der Waals surface area contributed by atoms with Crippen molar-refractivity contribution in [2.75, 3.05) is 20.3 Å². The zero-order chi connectivity index (χ0) is 26.2. The van der Waals surface area contributed by atoms with Crippen molar-refractivity contribution < 1.29 is 19.0 Å². The Bertz CT molecular complexity index is 1420. The maximum atomic E-state index is 12.1. The zero-order valence-electron chi connectivity index (χ0n) is 20.5. The number of nitrogens with zero attached hydrogens (tertiary/aromatic N) is 1. The van der Waals surface area contributed by atoms with Crippen molar-refractivity contribution >= 4 is 46.1 Å². The van der Waals surface area contributed by atoms with Crippen molar-refractivity contribution in [3.8, 4) is 17.2 Å². The molecule has 1 aromatic heterocycles. The van der Waals surface area contributed by atoms with Gasteiger partial charge in [0.15, 0.2) is 0 Å². The van der Waals surface area contributed by atoms with Crippen LogP contribution < -0.4 is 19.5 Å². The number of methoxy groups -OCH3 is 1. The van der Waals surface area contributed by atoms with Crippen LogP contribution in [-0.4, -0.2) is 31.2 Å². The monoisotopic (exact) mass is 536 g/mol. The van der Waals surface area contributed by atoms with Gasteiger partial charge >= 0.3 is 0 Å². The van der Waals surface area contributed by atoms with Gasteiger partial charge in [-0.3, -0.25) is 4.79 Å². The first-order chi connectivity index (χ1) is 17.9. The van der Waals surface area contributed by atoms with Crippen molar-refractivity contribution in [2.24, 2.45) is 0 Å². The number of amides is 1. The number of para-hydroxylation sites is 1. The molecule has 1 N–H and O–H groups in total. The third kappa shape index (κ3) is 6.94. The van der Waals surface area contributed by atoms with Crippen molar-refractivity contribution in [3.05, 3.63) is 99.7 Å². The molecule has 4 aromatic rings. The molecule has 0 aliphatic rings. The minimum absolute atomic E-state index is 0.155. The van der Waals surface area contributed by atoms with E-state index < -0.39 is 0 Å². The second kappa shape index (κ2) is 12.5. The summed E-state index contributed by atoms with van der Waals surface area (Å²) < 4.78 is 16.9. The lowest BCUT2D eigenvalue weighted by Gasteiger charge is -2.15. The number of hydrogen-bond acceptors (Lipinski definition) is 5. The van der Waals surface area contributed by atoms with Gasteiger partial charge in [0.05, 0.1) is 29.9 Å². The number of carbonyl (C=O) groups excluding carboxylic acids is 1. The number of benzene rings is 3. The predicted molar refractivity (Wildman–Crippen MR) is 148 cm³/mol. The number of pyridine rings is 1. The summed E-state index contributed by atoms with van der Waals surface area (Å²) in [6.07, 6.45) is 3.20. The number of rotatable bonds is 10. The number of fused-ring (bicyclic) bond motifs is 1. The Hall–Kier alpha value is -3.74. The van der Waals surface area contributed by atoms with Crippen molar-refractivity contribution in [1.29, 1.82) is 0 Å². The summed E-state index contributed by atoms with van der Waals surface area (Å²) in [5, 5.41) is 4.61. The Morgan fingerprint density at radius 1 is 1.00 bits per heavy atom. The van der Waals surface area contributed by atoms with Gasteiger partial charge < -0.3 is 19.5 Å². The smallest absolute Gasteiger partial charge is 0.244 e. The molecule has 1 heterocycles. The standard InChI is InChI=1S/C29H26Cl2N2O4/c1-19-27(17-21-5-3-4-6-25(21)33-19)37-18-23-24(30)12-13-26(29(23)31)36-16-15-32-28(34)14-9-20-7-10-22(35-2)11-8-20/h3-14,17H,15-16,18H2,1-2H3,(H,32,34). The summed E-state index contributed by atoms with van der Waals surface area (Å²) in [7, 11) is 1.61. The highest BCUT2D eigenvalue weighted by molar-refractivity contribution is 6.36. The molecular weight excluding hydrogens is 511 g/mol. The van der Waals surface area contributed by atoms with Gasteiger partial charge in [-0.15, -0.1) is 0 Å². The molecule has 1 amide bonds. The SMILES string of the molecule is COc1ccc(C=CC(=O)NCCOc2ccc(Cl)c(COc3cc4ccccc4nc3C)c2Cl)cc1. The molecule has 190 valence electrons. The molecule has 0 saturated carbocycles. The van der Waals surface area contributed by atoms with Crippen LogP contribution in [0.15, 0.2) is 72.8 Å². The second-order valence-electron chi connectivity index (χ2n) is 8.14. The van der Waals surface area contributed by atoms with E-state index in [-0.39, 0.29) is 19.1 Å². The Morgan fingerprint density at radius 3 is 2.57 bits per heavy atom. The summed E-state index contributed by atoms with van der Waals surface area (Å²) in [5.41, 5.74) is 3.18. The number of halogens is 2. The van der Waals surface area contributed by atoms with E-state index in [0.717, 1.165) is 27.9 Å². The summed E-state index contributed by atoms with van der Waals surface area (Å²) in [4.78, 5) is 16.7. The molecule has 37 heavy (non-hydrogen) atoms. The highest BCUT2D eigenvalue weighted by atomic mass is 35.5. The Labute approximate surface area is 225 Å². The van der Waals surface area contributed by atoms with Crippen LogP contribution in [0, 0.1) is 6.92 Å². The number of ether oxygens (including phenoxy) is 3. The fraction of sp³-hybridized carbons (Fsp3) is 0.172. The maximum absolute atomic E-state index is 12.1. The lowest BCUT2D eigenvalue weighted by molar-refractivity contribution is -0.116. The molecule has 3 aromatic carbocycles. The number of hydrogen-bond donors (Lipinski definition) is 1. The van der Waals surface area contributed by atoms with Gasteiger partial charge in [-0.05, 0) is 55.0 Å². The van der Waals surface area contributed by atoms with Gasteiger partial charge in [-0.1, -0.05) is 53.5 Å². The van der Waals surface area contributed by atoms with E-state index in [1.807, 2.05) is 61.5 Å². The summed E-state index contributed by atoms with van der Waals surface area (Å²) in [6.45, 7) is 2.59. The number of aromatic nitrogens is 1. The van der Waals surface area contributed by atoms with Crippen molar-refractivity contribution in [2.45, 2.75) is 13.5 Å². The number of carbonyl (C=O) groups is 1. The Kier molecular flexibility index (Phi) is 8.88. The molecule has 0 unspecified atom stereocenters. The van der Waals surface area contributed by atoms with Gasteiger partial charge in [0.1, 0.15) is 30.5 Å². The molecule has 4 rings (SSSR count). The largest absolute Gasteiger partial charge is 0.497 e. The quantitative estimate of drug-likeness (QED) is 0.181. The van der Waals surface area contributed by atoms with E-state index >= 15 is 0 Å². The fourth-order valence-electron chi connectivity index (χ4n) is 3.59. The minimum atomic E-state index is -0.227. The van der Waals surface area contributed by atoms with Crippen LogP contribution in [0.2, 0.25) is 10.0 Å². The molecule has 0 bridgehead atoms. The molecule has 0 aliphatic carbocycles. The Morgan fingerprint density at radius 2 is 1.78 bits per heavy atom. The summed E-state index contributed by atoms with van der Waals surface area (Å²) >= 11 is 13.0. The van der Waals surface area contributed by atoms with E-state index in [0.29, 0.717) is 33.7 Å². The van der Waals surface area contributed by atoms with Crippen LogP contribution >= 0.6 is 23.2 Å². The highest BCUT2D eigenvalue weighted by Gasteiger charge is 2.14. The normalized spacial score (nSPS) is 11.0. The van der Waals surface area contributed by atoms with Crippen LogP contribution in [0.5, 0.6) is 17.2 Å². The van der Waals surface area contributed by atoms with Gasteiger partial charge in [-0.25, -0.2) is 4.98 Å². The second-order valence-corrected chi connectivity index (χ2v) is 8.92. The van der Waals surface area contributed by atoms with Gasteiger partial charge in [0.25, 0.3) is 0 Å². The van der Waals surface area contributed by atoms with Gasteiger partial charge in [0, 0.05) is 22.0 Å². The van der Waals surface area contributed by atoms with E-state index in [9.17, 15) is 4.79 Å². The minimum Gasteiger partial charge on any atom is -0.497 e. The molecule has 0 atom stereocenters. The van der Waals surface area contributed by atoms with E-state index in [1.54, 1.807) is 25.3 Å². The lowest BCUT2D eigenvalue weighted by Crippen LogP contribution is -2.26. The molecule has 0 aliphatic heterocycles. The zero-order valence-corrected chi connectivity index (χ0v) is 22.0. The number of aryl methyl sites for hydroxylation is 1. The maximum Gasteiger partial charge on any atom is 0.244 e. The molecule has 0 saturated heterocycles. The lowest BCUT2D eigenvalue weighted by atomic mass is 10.2. The van der Waals surface area contributed by atoms with Crippen LogP contribution in [0.3, 0.4) is 0 Å². The average molecular weight is 537 g/mol. The highest BCUT2D eigenvalue weighted by Crippen LogP contribution is 2.34. The topological polar surface area (TPSA) is 69.7 Å². The molecule has 0 fully saturated rings. The van der Waals surface area contributed by atoms with Crippen molar-refractivity contribution in [1.82, 2.24) is 10.3 Å². The average Bonchev–Trinajstić information content (AvgIpc) is 2.91. The van der Waals surface area contributed by atoms with E-state index in [4.69, 9.17) is 37.4 Å². The van der Waals surface area contributed by atoms with Crippen LogP contribution in [0.4, 0.5) is 0 Å².